The number of benzene rings is 1. The summed E-state index contributed by atoms with van der Waals surface area (Å²) in [6.45, 7) is 0. The van der Waals surface area contributed by atoms with Crippen LogP contribution in [0.2, 0.25) is 0 Å². The molecule has 1 aliphatic carbocycles. The molecule has 0 radical (unpaired) electrons. The van der Waals surface area contributed by atoms with Gasteiger partial charge in [0.05, 0.1) is 22.8 Å². The molecule has 1 aromatic carbocycles. The summed E-state index contributed by atoms with van der Waals surface area (Å²) in [6, 6.07) is 0. The van der Waals surface area contributed by atoms with Crippen molar-refractivity contribution in [2.24, 2.45) is 22.9 Å². The number of phenols is 2. The van der Waals surface area contributed by atoms with Gasteiger partial charge < -0.3 is 44.6 Å². The van der Waals surface area contributed by atoms with Gasteiger partial charge in [-0.2, -0.15) is 0 Å². The summed E-state index contributed by atoms with van der Waals surface area (Å²) in [4.78, 5) is 0. The van der Waals surface area contributed by atoms with Crippen molar-refractivity contribution in [1.82, 2.24) is 0 Å². The standard InChI is InChI=1S/C9H14N6O2/c10-3-1-2(5(12)7(17)6(3)16)9(14,15)8(13)4(1)11/h16-17H,10-15H2. The van der Waals surface area contributed by atoms with Crippen molar-refractivity contribution >= 4 is 17.1 Å². The maximum absolute atomic E-state index is 9.59. The van der Waals surface area contributed by atoms with Gasteiger partial charge >= 0.3 is 0 Å². The van der Waals surface area contributed by atoms with Crippen LogP contribution < -0.4 is 34.4 Å². The molecular formula is C9H14N6O2. The van der Waals surface area contributed by atoms with Gasteiger partial charge in [-0.05, 0) is 0 Å². The van der Waals surface area contributed by atoms with Crippen LogP contribution in [0, 0.1) is 0 Å². The third-order valence-electron chi connectivity index (χ3n) is 2.94. The summed E-state index contributed by atoms with van der Waals surface area (Å²) in [5.74, 6) is -1.17. The molecule has 0 saturated heterocycles. The first-order valence-corrected chi connectivity index (χ1v) is 4.68. The lowest BCUT2D eigenvalue weighted by atomic mass is 9.96. The highest BCUT2D eigenvalue weighted by Crippen LogP contribution is 2.50. The molecule has 0 saturated carbocycles. The third kappa shape index (κ3) is 1.07. The minimum atomic E-state index is -1.62. The molecule has 14 N–H and O–H groups in total. The van der Waals surface area contributed by atoms with Crippen molar-refractivity contribution < 1.29 is 10.2 Å². The Bertz CT molecular complexity index is 563. The summed E-state index contributed by atoms with van der Waals surface area (Å²) >= 11 is 0. The van der Waals surface area contributed by atoms with Gasteiger partial charge in [-0.25, -0.2) is 0 Å². The Morgan fingerprint density at radius 3 is 1.82 bits per heavy atom. The minimum Gasteiger partial charge on any atom is -0.503 e. The third-order valence-corrected chi connectivity index (χ3v) is 2.94. The first-order chi connectivity index (χ1) is 7.71. The number of phenolic OH excluding ortho intramolecular Hbond substituents is 2. The van der Waals surface area contributed by atoms with E-state index in [-0.39, 0.29) is 33.9 Å². The van der Waals surface area contributed by atoms with Crippen LogP contribution >= 0.6 is 0 Å². The van der Waals surface area contributed by atoms with Gasteiger partial charge in [0, 0.05) is 11.1 Å². The normalized spacial score (nSPS) is 17.3. The number of aromatic hydroxyl groups is 2. The topological polar surface area (TPSA) is 197 Å². The van der Waals surface area contributed by atoms with Gasteiger partial charge in [-0.1, -0.05) is 0 Å². The Kier molecular flexibility index (Phi) is 1.89. The van der Waals surface area contributed by atoms with E-state index in [1.54, 1.807) is 0 Å². The average Bonchev–Trinajstić information content (AvgIpc) is 2.44. The Labute approximate surface area is 96.5 Å². The molecule has 0 atom stereocenters. The first-order valence-electron chi connectivity index (χ1n) is 4.68. The molecule has 0 heterocycles. The quantitative estimate of drug-likeness (QED) is 0.143. The molecule has 1 aromatic rings. The molecule has 1 aliphatic rings. The fraction of sp³-hybridized carbons (Fsp3) is 0.111. The summed E-state index contributed by atoms with van der Waals surface area (Å²) in [5, 5.41) is 19.2. The number of anilines is 2. The van der Waals surface area contributed by atoms with E-state index >= 15 is 0 Å². The monoisotopic (exact) mass is 238 g/mol. The Morgan fingerprint density at radius 1 is 0.824 bits per heavy atom. The van der Waals surface area contributed by atoms with Crippen LogP contribution in [0.25, 0.3) is 5.70 Å². The number of fused-ring (bicyclic) bond motifs is 1. The molecule has 0 aromatic heterocycles. The predicted octanol–water partition coefficient (Wildman–Crippen LogP) is -2.07. The van der Waals surface area contributed by atoms with Crippen LogP contribution in [0.4, 0.5) is 11.4 Å². The number of hydrogen-bond acceptors (Lipinski definition) is 8. The van der Waals surface area contributed by atoms with E-state index < -0.39 is 17.2 Å². The van der Waals surface area contributed by atoms with E-state index in [4.69, 9.17) is 34.4 Å². The van der Waals surface area contributed by atoms with Crippen molar-refractivity contribution in [3.8, 4) is 11.5 Å². The smallest absolute Gasteiger partial charge is 0.183 e. The van der Waals surface area contributed by atoms with E-state index in [0.717, 1.165) is 0 Å². The average molecular weight is 238 g/mol. The van der Waals surface area contributed by atoms with Crippen molar-refractivity contribution in [1.29, 1.82) is 0 Å². The van der Waals surface area contributed by atoms with Crippen molar-refractivity contribution in [2.45, 2.75) is 5.66 Å². The number of nitrogens with two attached hydrogens (primary N) is 6. The fourth-order valence-corrected chi connectivity index (χ4v) is 1.96. The lowest BCUT2D eigenvalue weighted by molar-refractivity contribution is 0.405. The molecule has 92 valence electrons. The number of rotatable bonds is 0. The van der Waals surface area contributed by atoms with Gasteiger partial charge in [0.2, 0.25) is 0 Å². The van der Waals surface area contributed by atoms with E-state index in [1.807, 2.05) is 0 Å². The fourth-order valence-electron chi connectivity index (χ4n) is 1.96. The maximum atomic E-state index is 9.59. The zero-order valence-electron chi connectivity index (χ0n) is 8.86. The van der Waals surface area contributed by atoms with Crippen LogP contribution in [-0.4, -0.2) is 10.2 Å². The molecule has 0 unspecified atom stereocenters. The van der Waals surface area contributed by atoms with Crippen LogP contribution in [0.15, 0.2) is 5.70 Å². The van der Waals surface area contributed by atoms with Crippen LogP contribution in [0.1, 0.15) is 11.1 Å². The van der Waals surface area contributed by atoms with Crippen LogP contribution in [-0.2, 0) is 5.66 Å². The SMILES string of the molecule is NC1=C(N)C(N)(N)c2c(N)c(O)c(O)c(N)c21. The predicted molar refractivity (Wildman–Crippen MR) is 63.9 cm³/mol. The molecule has 8 nitrogen and oxygen atoms in total. The second-order valence-electron chi connectivity index (χ2n) is 3.97. The molecule has 8 heteroatoms. The summed E-state index contributed by atoms with van der Waals surface area (Å²) < 4.78 is 0. The number of hydrogen-bond donors (Lipinski definition) is 8. The summed E-state index contributed by atoms with van der Waals surface area (Å²) in [6.07, 6.45) is 0. The lowest BCUT2D eigenvalue weighted by Gasteiger charge is -2.23. The van der Waals surface area contributed by atoms with Crippen molar-refractivity contribution in [3.63, 3.8) is 0 Å². The molecule has 17 heavy (non-hydrogen) atoms. The second kappa shape index (κ2) is 2.87. The van der Waals surface area contributed by atoms with Gasteiger partial charge in [-0.3, -0.25) is 0 Å². The molecule has 0 amide bonds. The lowest BCUT2D eigenvalue weighted by Crippen LogP contribution is -2.49. The van der Waals surface area contributed by atoms with Crippen LogP contribution in [0.5, 0.6) is 11.5 Å². The Balaban J connectivity index is 2.96. The largest absolute Gasteiger partial charge is 0.503 e. The van der Waals surface area contributed by atoms with Crippen molar-refractivity contribution in [2.75, 3.05) is 11.5 Å². The maximum Gasteiger partial charge on any atom is 0.183 e. The van der Waals surface area contributed by atoms with E-state index in [0.29, 0.717) is 0 Å². The minimum absolute atomic E-state index is 0.0177. The molecule has 0 spiro atoms. The zero-order chi connectivity index (χ0) is 13.1. The van der Waals surface area contributed by atoms with E-state index in [9.17, 15) is 10.2 Å². The molecule has 0 fully saturated rings. The summed E-state index contributed by atoms with van der Waals surface area (Å²) in [7, 11) is 0. The van der Waals surface area contributed by atoms with E-state index in [2.05, 4.69) is 0 Å². The summed E-state index contributed by atoms with van der Waals surface area (Å²) in [5.41, 5.74) is 32.6. The highest BCUT2D eigenvalue weighted by molar-refractivity contribution is 5.93. The molecule has 0 bridgehead atoms. The zero-order valence-corrected chi connectivity index (χ0v) is 8.86. The first kappa shape index (κ1) is 11.2. The molecule has 0 aliphatic heterocycles. The Hall–Kier alpha value is -2.32. The van der Waals surface area contributed by atoms with Gasteiger partial charge in [0.1, 0.15) is 5.66 Å². The van der Waals surface area contributed by atoms with E-state index in [1.165, 1.54) is 0 Å². The van der Waals surface area contributed by atoms with Gasteiger partial charge in [0.25, 0.3) is 0 Å². The Morgan fingerprint density at radius 2 is 1.29 bits per heavy atom. The van der Waals surface area contributed by atoms with Crippen molar-refractivity contribution in [3.05, 3.63) is 16.8 Å². The van der Waals surface area contributed by atoms with Gasteiger partial charge in [-0.15, -0.1) is 0 Å². The van der Waals surface area contributed by atoms with Gasteiger partial charge in [0.15, 0.2) is 11.5 Å². The second-order valence-corrected chi connectivity index (χ2v) is 3.97. The van der Waals surface area contributed by atoms with Crippen LogP contribution in [0.3, 0.4) is 0 Å². The molecular weight excluding hydrogens is 224 g/mol. The highest BCUT2D eigenvalue weighted by atomic mass is 16.3. The molecule has 2 rings (SSSR count). The highest BCUT2D eigenvalue weighted by Gasteiger charge is 2.42. The number of nitrogen functional groups attached to an aromatic ring is 2.